The van der Waals surface area contributed by atoms with Gasteiger partial charge in [0.25, 0.3) is 17.5 Å². The monoisotopic (exact) mass is 355 g/mol. The van der Waals surface area contributed by atoms with Gasteiger partial charge in [-0.2, -0.15) is 0 Å². The number of nitrogens with zero attached hydrogens (tertiary/aromatic N) is 2. The van der Waals surface area contributed by atoms with Gasteiger partial charge < -0.3 is 10.2 Å². The van der Waals surface area contributed by atoms with Crippen LogP contribution in [0, 0.1) is 17.0 Å². The number of amides is 2. The van der Waals surface area contributed by atoms with E-state index in [1.807, 2.05) is 13.8 Å². The Kier molecular flexibility index (Phi) is 6.06. The quantitative estimate of drug-likeness (QED) is 0.632. The van der Waals surface area contributed by atoms with Crippen LogP contribution in [0.15, 0.2) is 42.5 Å². The van der Waals surface area contributed by atoms with Crippen molar-refractivity contribution < 1.29 is 14.5 Å². The van der Waals surface area contributed by atoms with Crippen molar-refractivity contribution in [3.05, 3.63) is 69.3 Å². The highest BCUT2D eigenvalue weighted by molar-refractivity contribution is 6.06. The van der Waals surface area contributed by atoms with Crippen LogP contribution in [0.1, 0.15) is 40.1 Å². The van der Waals surface area contributed by atoms with Crippen LogP contribution in [-0.4, -0.2) is 34.7 Å². The second-order valence-electron chi connectivity index (χ2n) is 5.77. The van der Waals surface area contributed by atoms with Crippen molar-refractivity contribution in [3.8, 4) is 0 Å². The maximum Gasteiger partial charge on any atom is 0.270 e. The van der Waals surface area contributed by atoms with Crippen molar-refractivity contribution >= 4 is 23.2 Å². The molecule has 2 rings (SSSR count). The van der Waals surface area contributed by atoms with E-state index in [1.54, 1.807) is 42.2 Å². The first kappa shape index (κ1) is 19.1. The number of rotatable bonds is 6. The lowest BCUT2D eigenvalue weighted by atomic mass is 10.1. The van der Waals surface area contributed by atoms with E-state index in [0.717, 1.165) is 0 Å². The number of carbonyl (C=O) groups is 2. The van der Waals surface area contributed by atoms with E-state index in [1.165, 1.54) is 12.1 Å². The molecule has 0 radical (unpaired) electrons. The summed E-state index contributed by atoms with van der Waals surface area (Å²) in [6.07, 6.45) is 0. The van der Waals surface area contributed by atoms with Gasteiger partial charge in [-0.1, -0.05) is 6.07 Å². The third-order valence-corrected chi connectivity index (χ3v) is 4.12. The van der Waals surface area contributed by atoms with Crippen LogP contribution in [0.5, 0.6) is 0 Å². The molecule has 0 saturated carbocycles. The third-order valence-electron chi connectivity index (χ3n) is 4.12. The zero-order valence-corrected chi connectivity index (χ0v) is 15.0. The van der Waals surface area contributed by atoms with Gasteiger partial charge >= 0.3 is 0 Å². The second kappa shape index (κ2) is 8.24. The molecule has 0 atom stereocenters. The third kappa shape index (κ3) is 4.24. The molecule has 7 nitrogen and oxygen atoms in total. The highest BCUT2D eigenvalue weighted by Gasteiger charge is 2.16. The van der Waals surface area contributed by atoms with Gasteiger partial charge in [-0.05, 0) is 50.6 Å². The number of nitrogens with one attached hydrogen (secondary N) is 1. The lowest BCUT2D eigenvalue weighted by Gasteiger charge is -2.18. The summed E-state index contributed by atoms with van der Waals surface area (Å²) in [5, 5.41) is 13.6. The van der Waals surface area contributed by atoms with Gasteiger partial charge in [0, 0.05) is 42.0 Å². The number of carbonyl (C=O) groups excluding carboxylic acids is 2. The fourth-order valence-electron chi connectivity index (χ4n) is 2.56. The Hall–Kier alpha value is -3.22. The topological polar surface area (TPSA) is 92.6 Å². The minimum Gasteiger partial charge on any atom is -0.339 e. The number of hydrogen-bond donors (Lipinski definition) is 1. The Bertz CT molecular complexity index is 827. The van der Waals surface area contributed by atoms with Gasteiger partial charge in [-0.25, -0.2) is 0 Å². The zero-order chi connectivity index (χ0) is 19.3. The lowest BCUT2D eigenvalue weighted by Crippen LogP contribution is -2.30. The summed E-state index contributed by atoms with van der Waals surface area (Å²) in [4.78, 5) is 36.8. The number of nitro benzene ring substituents is 1. The van der Waals surface area contributed by atoms with E-state index in [2.05, 4.69) is 5.32 Å². The number of hydrogen-bond acceptors (Lipinski definition) is 4. The first-order chi connectivity index (χ1) is 12.4. The van der Waals surface area contributed by atoms with E-state index in [0.29, 0.717) is 29.9 Å². The Morgan fingerprint density at radius 1 is 1.08 bits per heavy atom. The second-order valence-corrected chi connectivity index (χ2v) is 5.77. The van der Waals surface area contributed by atoms with Gasteiger partial charge in [0.15, 0.2) is 0 Å². The Balaban J connectivity index is 2.17. The molecule has 0 spiro atoms. The molecule has 136 valence electrons. The van der Waals surface area contributed by atoms with Crippen molar-refractivity contribution in [1.29, 1.82) is 0 Å². The van der Waals surface area contributed by atoms with Crippen molar-refractivity contribution in [2.75, 3.05) is 18.4 Å². The van der Waals surface area contributed by atoms with Crippen molar-refractivity contribution in [3.63, 3.8) is 0 Å². The maximum absolute atomic E-state index is 12.4. The molecule has 0 fully saturated rings. The van der Waals surface area contributed by atoms with E-state index < -0.39 is 10.8 Å². The molecule has 7 heteroatoms. The molecule has 2 aromatic rings. The predicted octanol–water partition coefficient (Wildman–Crippen LogP) is 3.64. The van der Waals surface area contributed by atoms with Crippen LogP contribution in [0.4, 0.5) is 11.4 Å². The van der Waals surface area contributed by atoms with E-state index in [9.17, 15) is 19.7 Å². The fraction of sp³-hybridized carbons (Fsp3) is 0.263. The average molecular weight is 355 g/mol. The minimum atomic E-state index is -0.538. The smallest absolute Gasteiger partial charge is 0.270 e. The number of anilines is 1. The van der Waals surface area contributed by atoms with E-state index in [-0.39, 0.29) is 17.2 Å². The summed E-state index contributed by atoms with van der Waals surface area (Å²) >= 11 is 0. The molecule has 0 aliphatic rings. The van der Waals surface area contributed by atoms with Crippen LogP contribution in [-0.2, 0) is 0 Å². The summed E-state index contributed by atoms with van der Waals surface area (Å²) in [5.41, 5.74) is 1.79. The Morgan fingerprint density at radius 2 is 1.69 bits per heavy atom. The Morgan fingerprint density at radius 3 is 2.23 bits per heavy atom. The average Bonchev–Trinajstić information content (AvgIpc) is 2.63. The summed E-state index contributed by atoms with van der Waals surface area (Å²) in [6, 6.07) is 10.7. The molecular weight excluding hydrogens is 334 g/mol. The van der Waals surface area contributed by atoms with Crippen LogP contribution in [0.2, 0.25) is 0 Å². The summed E-state index contributed by atoms with van der Waals surface area (Å²) in [6.45, 7) is 6.79. The molecule has 0 heterocycles. The Labute approximate surface area is 151 Å². The summed E-state index contributed by atoms with van der Waals surface area (Å²) in [5.74, 6) is -0.503. The first-order valence-electron chi connectivity index (χ1n) is 8.33. The van der Waals surface area contributed by atoms with Crippen LogP contribution in [0.3, 0.4) is 0 Å². The van der Waals surface area contributed by atoms with Gasteiger partial charge in [0.2, 0.25) is 0 Å². The highest BCUT2D eigenvalue weighted by Crippen LogP contribution is 2.19. The van der Waals surface area contributed by atoms with Gasteiger partial charge in [0.05, 0.1) is 4.92 Å². The lowest BCUT2D eigenvalue weighted by molar-refractivity contribution is -0.384. The largest absolute Gasteiger partial charge is 0.339 e. The molecule has 2 amide bonds. The maximum atomic E-state index is 12.4. The van der Waals surface area contributed by atoms with Crippen LogP contribution < -0.4 is 5.32 Å². The number of benzene rings is 2. The summed E-state index contributed by atoms with van der Waals surface area (Å²) in [7, 11) is 0. The van der Waals surface area contributed by atoms with Crippen molar-refractivity contribution in [1.82, 2.24) is 4.90 Å². The predicted molar refractivity (Wildman–Crippen MR) is 99.5 cm³/mol. The molecular formula is C19H21N3O4. The van der Waals surface area contributed by atoms with E-state index >= 15 is 0 Å². The van der Waals surface area contributed by atoms with E-state index in [4.69, 9.17) is 0 Å². The molecule has 0 bridgehead atoms. The number of non-ortho nitro benzene ring substituents is 1. The standard InChI is InChI=1S/C19H21N3O4/c1-4-21(5-2)19(24)14-7-9-15(10-8-14)20-18(23)17-12-16(22(25)26)11-6-13(17)3/h6-12H,4-5H2,1-3H3,(H,20,23). The van der Waals surface area contributed by atoms with Gasteiger partial charge in [-0.15, -0.1) is 0 Å². The fourth-order valence-corrected chi connectivity index (χ4v) is 2.56. The first-order valence-corrected chi connectivity index (χ1v) is 8.33. The molecule has 0 aromatic heterocycles. The zero-order valence-electron chi connectivity index (χ0n) is 15.0. The highest BCUT2D eigenvalue weighted by atomic mass is 16.6. The minimum absolute atomic E-state index is 0.0672. The number of aryl methyl sites for hydroxylation is 1. The number of nitro groups is 1. The summed E-state index contributed by atoms with van der Waals surface area (Å²) < 4.78 is 0. The molecule has 0 aliphatic heterocycles. The van der Waals surface area contributed by atoms with Gasteiger partial charge in [-0.3, -0.25) is 19.7 Å². The molecule has 0 unspecified atom stereocenters. The van der Waals surface area contributed by atoms with Crippen molar-refractivity contribution in [2.24, 2.45) is 0 Å². The molecule has 0 saturated heterocycles. The molecule has 1 N–H and O–H groups in total. The van der Waals surface area contributed by atoms with Crippen LogP contribution in [0.25, 0.3) is 0 Å². The molecule has 0 aliphatic carbocycles. The molecule has 2 aromatic carbocycles. The molecule has 26 heavy (non-hydrogen) atoms. The van der Waals surface area contributed by atoms with Crippen LogP contribution >= 0.6 is 0 Å². The normalized spacial score (nSPS) is 10.3. The van der Waals surface area contributed by atoms with Crippen molar-refractivity contribution in [2.45, 2.75) is 20.8 Å². The van der Waals surface area contributed by atoms with Gasteiger partial charge in [0.1, 0.15) is 0 Å². The SMILES string of the molecule is CCN(CC)C(=O)c1ccc(NC(=O)c2cc([N+](=O)[O-])ccc2C)cc1.